The van der Waals surface area contributed by atoms with E-state index in [4.69, 9.17) is 21.2 Å². The number of benzene rings is 2. The second-order valence-corrected chi connectivity index (χ2v) is 5.98. The maximum absolute atomic E-state index is 11.2. The van der Waals surface area contributed by atoms with Crippen LogP contribution < -0.4 is 5.32 Å². The Morgan fingerprint density at radius 3 is 2.72 bits per heavy atom. The fraction of sp³-hybridized carbons (Fsp3) is 0.263. The maximum Gasteiger partial charge on any atom is 0.407 e. The number of nitrogens with one attached hydrogen (secondary N) is 1. The molecule has 0 bridgehead atoms. The van der Waals surface area contributed by atoms with Gasteiger partial charge in [-0.25, -0.2) is 4.79 Å². The van der Waals surface area contributed by atoms with Gasteiger partial charge in [-0.1, -0.05) is 52.7 Å². The molecule has 0 aliphatic rings. The fourth-order valence-corrected chi connectivity index (χ4v) is 2.36. The first-order chi connectivity index (χ1) is 12.0. The number of ether oxygens (including phenoxy) is 1. The van der Waals surface area contributed by atoms with Gasteiger partial charge in [-0.15, -0.1) is 0 Å². The number of alkyl carbamates (subject to hydrolysis) is 1. The Hall–Kier alpha value is -2.53. The number of nitrogens with zero attached hydrogens (tertiary/aromatic N) is 1. The molecule has 25 heavy (non-hydrogen) atoms. The number of hydrogen-bond acceptors (Lipinski definition) is 4. The quantitative estimate of drug-likeness (QED) is 0.611. The second kappa shape index (κ2) is 9.08. The summed E-state index contributed by atoms with van der Waals surface area (Å²) in [7, 11) is 1.50. The third kappa shape index (κ3) is 5.80. The minimum Gasteiger partial charge on any atom is -0.445 e. The highest BCUT2D eigenvalue weighted by atomic mass is 35.5. The van der Waals surface area contributed by atoms with Gasteiger partial charge in [0.05, 0.1) is 5.71 Å². The monoisotopic (exact) mass is 360 g/mol. The van der Waals surface area contributed by atoms with Crippen molar-refractivity contribution in [3.8, 4) is 0 Å². The topological polar surface area (TPSA) is 59.9 Å². The lowest BCUT2D eigenvalue weighted by atomic mass is 10.1. The Morgan fingerprint density at radius 1 is 1.20 bits per heavy atom. The van der Waals surface area contributed by atoms with E-state index in [1.54, 1.807) is 6.07 Å². The Bertz CT molecular complexity index is 775. The zero-order chi connectivity index (χ0) is 18.2. The summed E-state index contributed by atoms with van der Waals surface area (Å²) in [6.45, 7) is 4.38. The highest BCUT2D eigenvalue weighted by molar-refractivity contribution is 6.31. The standard InChI is InChI=1S/C19H21ClN2O3/c1-13-5-4-6-15(9-13)11-25-22-14(2)16-7-8-18(20)17(10-16)12-24-19(23)21-3/h4-10H,11-12H2,1-3H3,(H,21,23). The number of amides is 1. The fourth-order valence-electron chi connectivity index (χ4n) is 2.18. The normalized spacial score (nSPS) is 11.1. The molecule has 6 heteroatoms. The van der Waals surface area contributed by atoms with Crippen LogP contribution in [-0.2, 0) is 22.8 Å². The SMILES string of the molecule is CNC(=O)OCc1cc(C(C)=NOCc2cccc(C)c2)ccc1Cl. The molecule has 0 aliphatic heterocycles. The molecule has 0 saturated carbocycles. The van der Waals surface area contributed by atoms with Gasteiger partial charge in [0.2, 0.25) is 0 Å². The number of aryl methyl sites for hydroxylation is 1. The Balaban J connectivity index is 2.02. The van der Waals surface area contributed by atoms with Crippen molar-refractivity contribution in [2.45, 2.75) is 27.1 Å². The van der Waals surface area contributed by atoms with E-state index >= 15 is 0 Å². The number of carbonyl (C=O) groups excluding carboxylic acids is 1. The molecule has 2 rings (SSSR count). The summed E-state index contributed by atoms with van der Waals surface area (Å²) in [4.78, 5) is 16.6. The second-order valence-electron chi connectivity index (χ2n) is 5.57. The summed E-state index contributed by atoms with van der Waals surface area (Å²) in [6.07, 6.45) is -0.506. The first kappa shape index (κ1) is 18.8. The summed E-state index contributed by atoms with van der Waals surface area (Å²) in [6, 6.07) is 13.5. The molecule has 0 saturated heterocycles. The average molecular weight is 361 g/mol. The van der Waals surface area contributed by atoms with Crippen LogP contribution in [0.25, 0.3) is 0 Å². The van der Waals surface area contributed by atoms with Crippen LogP contribution in [0.1, 0.15) is 29.2 Å². The highest BCUT2D eigenvalue weighted by Crippen LogP contribution is 2.19. The van der Waals surface area contributed by atoms with Crippen molar-refractivity contribution < 1.29 is 14.4 Å². The molecular formula is C19H21ClN2O3. The van der Waals surface area contributed by atoms with E-state index in [1.165, 1.54) is 12.6 Å². The van der Waals surface area contributed by atoms with Crippen molar-refractivity contribution >= 4 is 23.4 Å². The molecule has 2 aromatic carbocycles. The number of hydrogen-bond donors (Lipinski definition) is 1. The lowest BCUT2D eigenvalue weighted by Crippen LogP contribution is -2.19. The summed E-state index contributed by atoms with van der Waals surface area (Å²) in [5, 5.41) is 7.08. The number of oxime groups is 1. The third-order valence-corrected chi connectivity index (χ3v) is 3.91. The van der Waals surface area contributed by atoms with E-state index in [2.05, 4.69) is 16.5 Å². The van der Waals surface area contributed by atoms with Gasteiger partial charge in [-0.2, -0.15) is 0 Å². The highest BCUT2D eigenvalue weighted by Gasteiger charge is 2.07. The zero-order valence-corrected chi connectivity index (χ0v) is 15.3. The molecule has 1 N–H and O–H groups in total. The van der Waals surface area contributed by atoms with E-state index in [0.717, 1.165) is 11.1 Å². The first-order valence-electron chi connectivity index (χ1n) is 7.85. The van der Waals surface area contributed by atoms with Gasteiger partial charge in [0.25, 0.3) is 0 Å². The molecule has 0 aromatic heterocycles. The van der Waals surface area contributed by atoms with Gasteiger partial charge >= 0.3 is 6.09 Å². The minimum atomic E-state index is -0.506. The van der Waals surface area contributed by atoms with E-state index in [9.17, 15) is 4.79 Å². The average Bonchev–Trinajstić information content (AvgIpc) is 2.60. The van der Waals surface area contributed by atoms with Crippen LogP contribution in [-0.4, -0.2) is 18.9 Å². The molecule has 0 fully saturated rings. The van der Waals surface area contributed by atoms with Gasteiger partial charge in [-0.3, -0.25) is 0 Å². The van der Waals surface area contributed by atoms with Gasteiger partial charge in [0.1, 0.15) is 13.2 Å². The molecule has 2 aromatic rings. The molecule has 0 aliphatic carbocycles. The Labute approximate surface area is 152 Å². The predicted molar refractivity (Wildman–Crippen MR) is 98.9 cm³/mol. The van der Waals surface area contributed by atoms with Crippen LogP contribution in [0.5, 0.6) is 0 Å². The summed E-state index contributed by atoms with van der Waals surface area (Å²) in [5.41, 5.74) is 4.51. The summed E-state index contributed by atoms with van der Waals surface area (Å²) >= 11 is 6.14. The zero-order valence-electron chi connectivity index (χ0n) is 14.5. The van der Waals surface area contributed by atoms with Crippen LogP contribution in [0, 0.1) is 6.92 Å². The van der Waals surface area contributed by atoms with E-state index in [1.807, 2.05) is 44.2 Å². The van der Waals surface area contributed by atoms with Gasteiger partial charge in [0, 0.05) is 17.6 Å². The molecule has 0 radical (unpaired) electrons. The van der Waals surface area contributed by atoms with Gasteiger partial charge in [-0.05, 0) is 37.1 Å². The molecule has 0 atom stereocenters. The van der Waals surface area contributed by atoms with E-state index in [-0.39, 0.29) is 6.61 Å². The van der Waals surface area contributed by atoms with Crippen LogP contribution >= 0.6 is 11.6 Å². The molecular weight excluding hydrogens is 340 g/mol. The molecule has 132 valence electrons. The number of rotatable bonds is 6. The molecule has 0 unspecified atom stereocenters. The van der Waals surface area contributed by atoms with Crippen LogP contribution in [0.4, 0.5) is 4.79 Å². The van der Waals surface area contributed by atoms with Crippen molar-refractivity contribution in [3.63, 3.8) is 0 Å². The summed E-state index contributed by atoms with van der Waals surface area (Å²) < 4.78 is 5.04. The van der Waals surface area contributed by atoms with Crippen molar-refractivity contribution in [2.75, 3.05) is 7.05 Å². The summed E-state index contributed by atoms with van der Waals surface area (Å²) in [5.74, 6) is 0. The Morgan fingerprint density at radius 2 is 2.00 bits per heavy atom. The molecule has 0 heterocycles. The van der Waals surface area contributed by atoms with Crippen molar-refractivity contribution in [3.05, 3.63) is 69.7 Å². The van der Waals surface area contributed by atoms with Crippen LogP contribution in [0.3, 0.4) is 0 Å². The van der Waals surface area contributed by atoms with Crippen molar-refractivity contribution in [1.29, 1.82) is 0 Å². The van der Waals surface area contributed by atoms with Gasteiger partial charge in [0.15, 0.2) is 0 Å². The van der Waals surface area contributed by atoms with E-state index in [0.29, 0.717) is 22.9 Å². The minimum absolute atomic E-state index is 0.0871. The first-order valence-corrected chi connectivity index (χ1v) is 8.23. The van der Waals surface area contributed by atoms with Crippen LogP contribution in [0.2, 0.25) is 5.02 Å². The smallest absolute Gasteiger partial charge is 0.407 e. The lowest BCUT2D eigenvalue weighted by molar-refractivity contribution is 0.130. The number of halogens is 1. The van der Waals surface area contributed by atoms with Crippen LogP contribution in [0.15, 0.2) is 47.6 Å². The maximum atomic E-state index is 11.2. The largest absolute Gasteiger partial charge is 0.445 e. The predicted octanol–water partition coefficient (Wildman–Crippen LogP) is 4.45. The van der Waals surface area contributed by atoms with E-state index < -0.39 is 6.09 Å². The number of carbonyl (C=O) groups is 1. The molecule has 5 nitrogen and oxygen atoms in total. The van der Waals surface area contributed by atoms with Gasteiger partial charge < -0.3 is 14.9 Å². The Kier molecular flexibility index (Phi) is 6.83. The van der Waals surface area contributed by atoms with Crippen molar-refractivity contribution in [1.82, 2.24) is 5.32 Å². The lowest BCUT2D eigenvalue weighted by Gasteiger charge is -2.09. The molecule has 1 amide bonds. The third-order valence-electron chi connectivity index (χ3n) is 3.54. The van der Waals surface area contributed by atoms with Crippen molar-refractivity contribution in [2.24, 2.45) is 5.16 Å². The molecule has 0 spiro atoms.